The predicted octanol–water partition coefficient (Wildman–Crippen LogP) is 2.09. The maximum absolute atomic E-state index is 11.1. The van der Waals surface area contributed by atoms with E-state index in [9.17, 15) is 4.79 Å². The smallest absolute Gasteiger partial charge is 0.307 e. The lowest BCUT2D eigenvalue weighted by molar-refractivity contribution is -0.143. The van der Waals surface area contributed by atoms with Crippen molar-refractivity contribution in [2.24, 2.45) is 11.7 Å². The first-order valence-electron chi connectivity index (χ1n) is 5.51. The summed E-state index contributed by atoms with van der Waals surface area (Å²) >= 11 is 0. The summed E-state index contributed by atoms with van der Waals surface area (Å²) in [7, 11) is 0. The zero-order valence-corrected chi connectivity index (χ0v) is 9.58. The van der Waals surface area contributed by atoms with E-state index >= 15 is 0 Å². The van der Waals surface area contributed by atoms with Crippen molar-refractivity contribution in [3.05, 3.63) is 0 Å². The number of esters is 1. The highest BCUT2D eigenvalue weighted by molar-refractivity contribution is 5.70. The Balaban J connectivity index is 3.63. The monoisotopic (exact) mass is 201 g/mol. The molecule has 0 rings (SSSR count). The van der Waals surface area contributed by atoms with Crippen molar-refractivity contribution in [2.75, 3.05) is 6.61 Å². The second kappa shape index (κ2) is 7.80. The van der Waals surface area contributed by atoms with Crippen LogP contribution in [-0.2, 0) is 9.53 Å². The van der Waals surface area contributed by atoms with Gasteiger partial charge in [-0.3, -0.25) is 4.79 Å². The molecule has 2 N–H and O–H groups in total. The van der Waals surface area contributed by atoms with E-state index < -0.39 is 0 Å². The van der Waals surface area contributed by atoms with Gasteiger partial charge in [0.05, 0.1) is 13.0 Å². The Hall–Kier alpha value is -0.570. The Labute approximate surface area is 87.0 Å². The minimum absolute atomic E-state index is 0.0457. The van der Waals surface area contributed by atoms with Crippen LogP contribution in [0, 0.1) is 5.92 Å². The molecule has 0 unspecified atom stereocenters. The molecule has 0 saturated carbocycles. The van der Waals surface area contributed by atoms with Gasteiger partial charge in [0, 0.05) is 6.04 Å². The molecule has 2 atom stereocenters. The third-order valence-electron chi connectivity index (χ3n) is 2.22. The molecule has 84 valence electrons. The van der Waals surface area contributed by atoms with Crippen molar-refractivity contribution in [3.63, 3.8) is 0 Å². The molecular weight excluding hydrogens is 178 g/mol. The number of nitrogens with two attached hydrogens (primary N) is 1. The summed E-state index contributed by atoms with van der Waals surface area (Å²) in [4.78, 5) is 11.1. The lowest BCUT2D eigenvalue weighted by atomic mass is 9.96. The summed E-state index contributed by atoms with van der Waals surface area (Å²) in [5.41, 5.74) is 5.84. The van der Waals surface area contributed by atoms with Gasteiger partial charge in [-0.15, -0.1) is 0 Å². The Morgan fingerprint density at radius 2 is 2.07 bits per heavy atom. The molecule has 3 heteroatoms. The lowest BCUT2D eigenvalue weighted by Crippen LogP contribution is -2.27. The third kappa shape index (κ3) is 6.89. The van der Waals surface area contributed by atoms with Crippen molar-refractivity contribution < 1.29 is 9.53 Å². The van der Waals surface area contributed by atoms with Gasteiger partial charge in [0.2, 0.25) is 0 Å². The molecule has 14 heavy (non-hydrogen) atoms. The largest absolute Gasteiger partial charge is 0.466 e. The molecule has 0 aromatic carbocycles. The van der Waals surface area contributed by atoms with E-state index in [4.69, 9.17) is 10.5 Å². The second-order valence-electron chi connectivity index (χ2n) is 3.90. The maximum Gasteiger partial charge on any atom is 0.307 e. The molecule has 0 fully saturated rings. The summed E-state index contributed by atoms with van der Waals surface area (Å²) < 4.78 is 4.84. The van der Waals surface area contributed by atoms with Crippen LogP contribution < -0.4 is 5.73 Å². The van der Waals surface area contributed by atoms with E-state index in [2.05, 4.69) is 13.8 Å². The fourth-order valence-corrected chi connectivity index (χ4v) is 1.64. The van der Waals surface area contributed by atoms with Crippen LogP contribution in [0.15, 0.2) is 0 Å². The van der Waals surface area contributed by atoms with Crippen molar-refractivity contribution in [2.45, 2.75) is 52.5 Å². The standard InChI is InChI=1S/C11H23NO2/c1-4-6-9(3)7-10(12)8-11(13)14-5-2/h9-10H,4-8,12H2,1-3H3/t9-,10+/m1/s1. The van der Waals surface area contributed by atoms with Gasteiger partial charge in [-0.1, -0.05) is 26.7 Å². The van der Waals surface area contributed by atoms with Crippen molar-refractivity contribution in [1.29, 1.82) is 0 Å². The number of hydrogen-bond donors (Lipinski definition) is 1. The second-order valence-corrected chi connectivity index (χ2v) is 3.90. The molecule has 0 bridgehead atoms. The van der Waals surface area contributed by atoms with Crippen molar-refractivity contribution in [3.8, 4) is 0 Å². The van der Waals surface area contributed by atoms with Crippen LogP contribution in [-0.4, -0.2) is 18.6 Å². The minimum Gasteiger partial charge on any atom is -0.466 e. The Morgan fingerprint density at radius 1 is 1.43 bits per heavy atom. The van der Waals surface area contributed by atoms with E-state index in [1.54, 1.807) is 0 Å². The van der Waals surface area contributed by atoms with E-state index in [1.165, 1.54) is 12.8 Å². The molecule has 0 aliphatic carbocycles. The zero-order chi connectivity index (χ0) is 11.0. The summed E-state index contributed by atoms with van der Waals surface area (Å²) in [6.45, 7) is 6.58. The van der Waals surface area contributed by atoms with Gasteiger partial charge in [0.15, 0.2) is 0 Å². The topological polar surface area (TPSA) is 52.3 Å². The SMILES string of the molecule is CCC[C@@H](C)C[C@H](N)CC(=O)OCC. The molecule has 0 radical (unpaired) electrons. The molecule has 0 aromatic rings. The van der Waals surface area contributed by atoms with Crippen LogP contribution in [0.1, 0.15) is 46.5 Å². The average molecular weight is 201 g/mol. The fraction of sp³-hybridized carbons (Fsp3) is 0.909. The number of hydrogen-bond acceptors (Lipinski definition) is 3. The molecule has 0 amide bonds. The molecule has 0 aromatic heterocycles. The van der Waals surface area contributed by atoms with E-state index in [1.807, 2.05) is 6.92 Å². The minimum atomic E-state index is -0.177. The molecular formula is C11H23NO2. The highest BCUT2D eigenvalue weighted by atomic mass is 16.5. The number of carbonyl (C=O) groups is 1. The Kier molecular flexibility index (Phi) is 7.48. The normalized spacial score (nSPS) is 14.9. The molecule has 0 aliphatic heterocycles. The molecule has 0 saturated heterocycles. The maximum atomic E-state index is 11.1. The van der Waals surface area contributed by atoms with Gasteiger partial charge in [-0.2, -0.15) is 0 Å². The van der Waals surface area contributed by atoms with Crippen LogP contribution in [0.5, 0.6) is 0 Å². The van der Waals surface area contributed by atoms with E-state index in [0.29, 0.717) is 18.9 Å². The number of carbonyl (C=O) groups excluding carboxylic acids is 1. The van der Waals surface area contributed by atoms with Crippen LogP contribution in [0.4, 0.5) is 0 Å². The van der Waals surface area contributed by atoms with Gasteiger partial charge in [0.1, 0.15) is 0 Å². The van der Waals surface area contributed by atoms with E-state index in [-0.39, 0.29) is 12.0 Å². The van der Waals surface area contributed by atoms with Crippen molar-refractivity contribution in [1.82, 2.24) is 0 Å². The molecule has 0 aliphatic rings. The Morgan fingerprint density at radius 3 is 2.57 bits per heavy atom. The number of rotatable bonds is 7. The first kappa shape index (κ1) is 13.4. The lowest BCUT2D eigenvalue weighted by Gasteiger charge is -2.15. The van der Waals surface area contributed by atoms with Crippen LogP contribution in [0.25, 0.3) is 0 Å². The highest BCUT2D eigenvalue weighted by Crippen LogP contribution is 2.13. The molecule has 3 nitrogen and oxygen atoms in total. The van der Waals surface area contributed by atoms with E-state index in [0.717, 1.165) is 6.42 Å². The first-order chi connectivity index (χ1) is 6.60. The average Bonchev–Trinajstić information content (AvgIpc) is 2.03. The zero-order valence-electron chi connectivity index (χ0n) is 9.58. The van der Waals surface area contributed by atoms with Gasteiger partial charge < -0.3 is 10.5 Å². The van der Waals surface area contributed by atoms with Crippen LogP contribution in [0.3, 0.4) is 0 Å². The van der Waals surface area contributed by atoms with Crippen molar-refractivity contribution >= 4 is 5.97 Å². The summed E-state index contributed by atoms with van der Waals surface area (Å²) in [6, 6.07) is -0.0457. The van der Waals surface area contributed by atoms with Gasteiger partial charge in [0.25, 0.3) is 0 Å². The van der Waals surface area contributed by atoms with Crippen LogP contribution >= 0.6 is 0 Å². The molecule has 0 heterocycles. The summed E-state index contributed by atoms with van der Waals surface area (Å²) in [5.74, 6) is 0.424. The summed E-state index contributed by atoms with van der Waals surface area (Å²) in [6.07, 6.45) is 3.61. The van der Waals surface area contributed by atoms with Gasteiger partial charge in [-0.05, 0) is 19.3 Å². The predicted molar refractivity (Wildman–Crippen MR) is 57.9 cm³/mol. The summed E-state index contributed by atoms with van der Waals surface area (Å²) in [5, 5.41) is 0. The van der Waals surface area contributed by atoms with Gasteiger partial charge >= 0.3 is 5.97 Å². The highest BCUT2D eigenvalue weighted by Gasteiger charge is 2.13. The first-order valence-corrected chi connectivity index (χ1v) is 5.51. The third-order valence-corrected chi connectivity index (χ3v) is 2.22. The molecule has 0 spiro atoms. The fourth-order valence-electron chi connectivity index (χ4n) is 1.64. The number of ether oxygens (including phenoxy) is 1. The van der Waals surface area contributed by atoms with Gasteiger partial charge in [-0.25, -0.2) is 0 Å². The Bertz CT molecular complexity index is 159. The van der Waals surface area contributed by atoms with Crippen LogP contribution in [0.2, 0.25) is 0 Å². The quantitative estimate of drug-likeness (QED) is 0.642.